The van der Waals surface area contributed by atoms with Crippen molar-refractivity contribution >= 4 is 40.6 Å². The summed E-state index contributed by atoms with van der Waals surface area (Å²) < 4.78 is 39.9. The average Bonchev–Trinajstić information content (AvgIpc) is 2.99. The maximum absolute atomic E-state index is 13.4. The number of likely N-dealkylation sites (N-methyl/N-ethyl adjacent to an activating group) is 1. The van der Waals surface area contributed by atoms with Crippen LogP contribution >= 0.6 is 11.6 Å². The highest BCUT2D eigenvalue weighted by atomic mass is 35.5. The summed E-state index contributed by atoms with van der Waals surface area (Å²) in [5, 5.41) is 3.62. The average molecular weight is 439 g/mol. The molecular weight excluding hydrogens is 421 g/mol. The first kappa shape index (κ1) is 20.5. The fourth-order valence-electron chi connectivity index (χ4n) is 4.02. The van der Waals surface area contributed by atoms with E-state index in [0.717, 1.165) is 17.0 Å². The van der Waals surface area contributed by atoms with Crippen LogP contribution in [-0.4, -0.2) is 36.4 Å². The van der Waals surface area contributed by atoms with Gasteiger partial charge in [0.2, 0.25) is 11.8 Å². The van der Waals surface area contributed by atoms with E-state index in [1.807, 2.05) is 0 Å². The number of anilines is 3. The Morgan fingerprint density at radius 1 is 1.23 bits per heavy atom. The number of alkyl halides is 3. The van der Waals surface area contributed by atoms with E-state index < -0.39 is 35.5 Å². The van der Waals surface area contributed by atoms with Gasteiger partial charge in [0.25, 0.3) is 0 Å². The largest absolute Gasteiger partial charge is 0.416 e. The highest BCUT2D eigenvalue weighted by Gasteiger charge is 2.48. The molecule has 1 N–H and O–H groups in total. The minimum absolute atomic E-state index is 0.00794. The third-order valence-corrected chi connectivity index (χ3v) is 5.74. The lowest BCUT2D eigenvalue weighted by Crippen LogP contribution is -2.51. The molecule has 0 aliphatic carbocycles. The zero-order valence-corrected chi connectivity index (χ0v) is 16.9. The Bertz CT molecular complexity index is 1040. The summed E-state index contributed by atoms with van der Waals surface area (Å²) in [5.74, 6) is -1.48. The number of aromatic nitrogens is 1. The smallest absolute Gasteiger partial charge is 0.382 e. The number of nitrogens with one attached hydrogen (secondary N) is 1. The first-order valence-corrected chi connectivity index (χ1v) is 9.63. The molecule has 6 nitrogen and oxygen atoms in total. The summed E-state index contributed by atoms with van der Waals surface area (Å²) in [6.45, 7) is 1.68. The van der Waals surface area contributed by atoms with Gasteiger partial charge in [-0.3, -0.25) is 14.5 Å². The van der Waals surface area contributed by atoms with Gasteiger partial charge in [0.1, 0.15) is 11.9 Å². The van der Waals surface area contributed by atoms with Crippen LogP contribution in [0.5, 0.6) is 0 Å². The second-order valence-corrected chi connectivity index (χ2v) is 7.85. The van der Waals surface area contributed by atoms with E-state index in [2.05, 4.69) is 10.3 Å². The van der Waals surface area contributed by atoms with E-state index in [0.29, 0.717) is 16.4 Å². The second kappa shape index (κ2) is 7.16. The molecule has 2 aliphatic heterocycles. The number of halogens is 4. The number of rotatable bonds is 1. The van der Waals surface area contributed by atoms with Crippen LogP contribution in [0.4, 0.5) is 30.4 Å². The van der Waals surface area contributed by atoms with Gasteiger partial charge in [-0.2, -0.15) is 13.2 Å². The molecule has 1 aromatic carbocycles. The molecule has 2 atom stereocenters. The lowest BCUT2D eigenvalue weighted by molar-refractivity contribution is -0.137. The molecule has 1 fully saturated rings. The quantitative estimate of drug-likeness (QED) is 0.734. The van der Waals surface area contributed by atoms with E-state index in [1.165, 1.54) is 11.8 Å². The van der Waals surface area contributed by atoms with Crippen LogP contribution in [0.3, 0.4) is 0 Å². The van der Waals surface area contributed by atoms with Crippen molar-refractivity contribution in [3.63, 3.8) is 0 Å². The summed E-state index contributed by atoms with van der Waals surface area (Å²) in [7, 11) is 1.55. The van der Waals surface area contributed by atoms with Gasteiger partial charge in [-0.25, -0.2) is 4.98 Å². The van der Waals surface area contributed by atoms with Crippen LogP contribution in [0.25, 0.3) is 0 Å². The molecule has 1 aromatic heterocycles. The topological polar surface area (TPSA) is 65.5 Å². The third-order valence-electron chi connectivity index (χ3n) is 5.42. The Hall–Kier alpha value is -2.81. The zero-order chi connectivity index (χ0) is 21.8. The highest BCUT2D eigenvalue weighted by Crippen LogP contribution is 2.40. The van der Waals surface area contributed by atoms with Gasteiger partial charge < -0.3 is 10.2 Å². The van der Waals surface area contributed by atoms with E-state index in [9.17, 15) is 22.8 Å². The Morgan fingerprint density at radius 2 is 1.97 bits per heavy atom. The lowest BCUT2D eigenvalue weighted by atomic mass is 9.97. The van der Waals surface area contributed by atoms with E-state index in [-0.39, 0.29) is 24.5 Å². The van der Waals surface area contributed by atoms with Crippen LogP contribution in [0.15, 0.2) is 30.3 Å². The van der Waals surface area contributed by atoms with Crippen molar-refractivity contribution in [1.82, 2.24) is 4.98 Å². The Morgan fingerprint density at radius 3 is 2.67 bits per heavy atom. The molecule has 10 heteroatoms. The highest BCUT2D eigenvalue weighted by molar-refractivity contribution is 6.34. The van der Waals surface area contributed by atoms with E-state index >= 15 is 0 Å². The molecule has 2 unspecified atom stereocenters. The van der Waals surface area contributed by atoms with Crippen LogP contribution in [-0.2, 0) is 15.8 Å². The van der Waals surface area contributed by atoms with Crippen molar-refractivity contribution in [2.75, 3.05) is 28.7 Å². The number of para-hydroxylation sites is 1. The Labute approximate surface area is 175 Å². The number of benzene rings is 1. The van der Waals surface area contributed by atoms with Crippen molar-refractivity contribution in [2.24, 2.45) is 5.92 Å². The molecular formula is C20H18ClF3N4O2. The lowest BCUT2D eigenvalue weighted by Gasteiger charge is -2.34. The number of carbonyl (C=O) groups excluding carboxylic acids is 2. The number of amides is 2. The Balaban J connectivity index is 1.79. The molecule has 0 bridgehead atoms. The van der Waals surface area contributed by atoms with Gasteiger partial charge in [0.05, 0.1) is 22.0 Å². The minimum atomic E-state index is -4.59. The predicted molar refractivity (Wildman–Crippen MR) is 107 cm³/mol. The maximum atomic E-state index is 13.4. The normalized spacial score (nSPS) is 21.7. The number of carbonyl (C=O) groups is 2. The second-order valence-electron chi connectivity index (χ2n) is 7.44. The first-order valence-electron chi connectivity index (χ1n) is 9.26. The van der Waals surface area contributed by atoms with Gasteiger partial charge in [-0.05, 0) is 31.2 Å². The van der Waals surface area contributed by atoms with E-state index in [4.69, 9.17) is 11.6 Å². The molecule has 30 heavy (non-hydrogen) atoms. The summed E-state index contributed by atoms with van der Waals surface area (Å²) in [6.07, 6.45) is -4.59. The molecule has 158 valence electrons. The number of aryl methyl sites for hydroxylation is 1. The molecule has 0 radical (unpaired) electrons. The third kappa shape index (κ3) is 3.36. The van der Waals surface area contributed by atoms with Crippen LogP contribution < -0.4 is 15.1 Å². The maximum Gasteiger partial charge on any atom is 0.416 e. The van der Waals surface area contributed by atoms with E-state index in [1.54, 1.807) is 25.2 Å². The molecule has 2 aliphatic rings. The molecule has 0 spiro atoms. The molecule has 4 rings (SSSR count). The summed E-state index contributed by atoms with van der Waals surface area (Å²) in [4.78, 5) is 32.8. The molecule has 2 aromatic rings. The standard InChI is InChI=1S/C20H18ClF3N4O2/c1-10-6-12(20(22,23)24)8-15(26-10)28-16(29)7-11-9-25-17-13(21)4-3-5-14(17)27(2)19(30)18(11)28/h3-6,8,11,18,25H,7,9H2,1-2H3. The van der Waals surface area contributed by atoms with Crippen molar-refractivity contribution in [3.8, 4) is 0 Å². The van der Waals surface area contributed by atoms with Crippen molar-refractivity contribution < 1.29 is 22.8 Å². The van der Waals surface area contributed by atoms with Gasteiger partial charge in [-0.1, -0.05) is 17.7 Å². The molecule has 0 saturated carbocycles. The number of hydrogen-bond acceptors (Lipinski definition) is 4. The monoisotopic (exact) mass is 438 g/mol. The summed E-state index contributed by atoms with van der Waals surface area (Å²) in [5.41, 5.74) is 0.298. The number of hydrogen-bond donors (Lipinski definition) is 1. The number of fused-ring (bicyclic) bond motifs is 2. The van der Waals surface area contributed by atoms with Crippen LogP contribution in [0.1, 0.15) is 17.7 Å². The summed E-state index contributed by atoms with van der Waals surface area (Å²) in [6, 6.07) is 5.84. The number of nitrogens with zero attached hydrogens (tertiary/aromatic N) is 3. The fraction of sp³-hybridized carbons (Fsp3) is 0.350. The predicted octanol–water partition coefficient (Wildman–Crippen LogP) is 3.87. The van der Waals surface area contributed by atoms with Crippen molar-refractivity contribution in [3.05, 3.63) is 46.6 Å². The fourth-order valence-corrected chi connectivity index (χ4v) is 4.26. The number of pyridine rings is 1. The van der Waals surface area contributed by atoms with Crippen molar-refractivity contribution in [1.29, 1.82) is 0 Å². The van der Waals surface area contributed by atoms with Gasteiger partial charge in [0, 0.05) is 31.6 Å². The van der Waals surface area contributed by atoms with Gasteiger partial charge >= 0.3 is 6.18 Å². The Kier molecular flexibility index (Phi) is 4.88. The van der Waals surface area contributed by atoms with Crippen molar-refractivity contribution in [2.45, 2.75) is 25.6 Å². The summed E-state index contributed by atoms with van der Waals surface area (Å²) >= 11 is 6.26. The van der Waals surface area contributed by atoms with Gasteiger partial charge in [-0.15, -0.1) is 0 Å². The molecule has 3 heterocycles. The SMILES string of the molecule is Cc1cc(C(F)(F)F)cc(N2C(=O)CC3CNc4c(Cl)cccc4N(C)C(=O)C32)n1. The molecule has 2 amide bonds. The minimum Gasteiger partial charge on any atom is -0.382 e. The zero-order valence-electron chi connectivity index (χ0n) is 16.1. The van der Waals surface area contributed by atoms with Gasteiger partial charge in [0.15, 0.2) is 0 Å². The molecule has 1 saturated heterocycles. The first-order chi connectivity index (χ1) is 14.1. The van der Waals surface area contributed by atoms with Crippen LogP contribution in [0.2, 0.25) is 5.02 Å². The van der Waals surface area contributed by atoms with Crippen LogP contribution in [0, 0.1) is 12.8 Å².